The number of nitro benzene ring substituents is 1. The lowest BCUT2D eigenvalue weighted by Crippen LogP contribution is -2.48. The number of para-hydroxylation sites is 1. The average molecular weight is 533 g/mol. The van der Waals surface area contributed by atoms with Gasteiger partial charge in [0.1, 0.15) is 11.5 Å². The Morgan fingerprint density at radius 1 is 0.897 bits per heavy atom. The molecule has 190 valence electrons. The summed E-state index contributed by atoms with van der Waals surface area (Å²) in [5.74, 6) is -1.93. The zero-order valence-electron chi connectivity index (χ0n) is 20.4. The van der Waals surface area contributed by atoms with Gasteiger partial charge in [-0.3, -0.25) is 24.5 Å². The molecule has 4 aromatic rings. The first-order valence-electron chi connectivity index (χ1n) is 12.5. The van der Waals surface area contributed by atoms with Crippen LogP contribution in [0.2, 0.25) is 0 Å². The maximum atomic E-state index is 14.5. The number of nitrogens with zero attached hydrogens (tertiary/aromatic N) is 2. The van der Waals surface area contributed by atoms with Crippen LogP contribution in [0.4, 0.5) is 11.4 Å². The number of ketones is 3. The summed E-state index contributed by atoms with van der Waals surface area (Å²) in [6.45, 7) is 0. The SMILES string of the molecule is O=C(c1cccs1)[C@H]1[C@H](c2cccc([N+](=O)[O-])c2)C2(C(=O)c3ccccc3C2=O)[C@@H]2C=Cc3ccccc3N21. The molecule has 0 bridgehead atoms. The van der Waals surface area contributed by atoms with E-state index in [2.05, 4.69) is 0 Å². The molecule has 1 saturated heterocycles. The maximum absolute atomic E-state index is 14.5. The van der Waals surface area contributed by atoms with Gasteiger partial charge in [-0.25, -0.2) is 0 Å². The van der Waals surface area contributed by atoms with Crippen molar-refractivity contribution in [2.24, 2.45) is 5.41 Å². The van der Waals surface area contributed by atoms with E-state index in [1.807, 2.05) is 46.7 Å². The Balaban J connectivity index is 1.57. The van der Waals surface area contributed by atoms with E-state index >= 15 is 0 Å². The molecule has 1 aromatic heterocycles. The van der Waals surface area contributed by atoms with Crippen LogP contribution in [0.25, 0.3) is 6.08 Å². The van der Waals surface area contributed by atoms with E-state index in [-0.39, 0.29) is 23.0 Å². The minimum absolute atomic E-state index is 0.166. The first-order valence-corrected chi connectivity index (χ1v) is 13.4. The van der Waals surface area contributed by atoms with E-state index in [0.29, 0.717) is 21.6 Å². The topological polar surface area (TPSA) is 97.6 Å². The molecule has 2 aliphatic heterocycles. The average Bonchev–Trinajstić information content (AvgIpc) is 3.66. The van der Waals surface area contributed by atoms with Crippen molar-refractivity contribution in [2.75, 3.05) is 4.90 Å². The predicted molar refractivity (Wildman–Crippen MR) is 148 cm³/mol. The van der Waals surface area contributed by atoms with E-state index in [1.54, 1.807) is 48.5 Å². The predicted octanol–water partition coefficient (Wildman–Crippen LogP) is 5.97. The summed E-state index contributed by atoms with van der Waals surface area (Å²) >= 11 is 1.29. The molecule has 0 N–H and O–H groups in total. The van der Waals surface area contributed by atoms with Crippen molar-refractivity contribution in [3.8, 4) is 0 Å². The second-order valence-corrected chi connectivity index (χ2v) is 10.9. The van der Waals surface area contributed by atoms with Gasteiger partial charge in [-0.2, -0.15) is 0 Å². The van der Waals surface area contributed by atoms with Crippen LogP contribution in [-0.4, -0.2) is 34.4 Å². The van der Waals surface area contributed by atoms with Gasteiger partial charge < -0.3 is 4.90 Å². The van der Waals surface area contributed by atoms with Crippen LogP contribution >= 0.6 is 11.3 Å². The third kappa shape index (κ3) is 3.06. The second kappa shape index (κ2) is 8.41. The number of hydrogen-bond acceptors (Lipinski definition) is 7. The van der Waals surface area contributed by atoms with Gasteiger partial charge >= 0.3 is 0 Å². The fourth-order valence-corrected chi connectivity index (χ4v) is 7.38. The Bertz CT molecular complexity index is 1710. The minimum Gasteiger partial charge on any atom is -0.352 e. The second-order valence-electron chi connectivity index (χ2n) is 9.96. The number of anilines is 1. The first-order chi connectivity index (χ1) is 18.9. The zero-order chi connectivity index (χ0) is 26.9. The van der Waals surface area contributed by atoms with E-state index < -0.39 is 28.3 Å². The molecule has 7 nitrogen and oxygen atoms in total. The van der Waals surface area contributed by atoms with E-state index in [4.69, 9.17) is 0 Å². The molecule has 0 radical (unpaired) electrons. The van der Waals surface area contributed by atoms with Crippen LogP contribution < -0.4 is 4.90 Å². The number of carbonyl (C=O) groups excluding carboxylic acids is 3. The molecular formula is C31H20N2O5S. The minimum atomic E-state index is -1.68. The normalized spacial score (nSPS) is 22.1. The van der Waals surface area contributed by atoms with Gasteiger partial charge in [-0.05, 0) is 28.6 Å². The summed E-state index contributed by atoms with van der Waals surface area (Å²) in [6.07, 6.45) is 3.74. The van der Waals surface area contributed by atoms with Gasteiger partial charge in [0.05, 0.1) is 15.8 Å². The number of benzene rings is 3. The van der Waals surface area contributed by atoms with E-state index in [1.165, 1.54) is 23.5 Å². The quantitative estimate of drug-likeness (QED) is 0.139. The number of hydrogen-bond donors (Lipinski definition) is 0. The molecule has 3 aliphatic rings. The monoisotopic (exact) mass is 532 g/mol. The largest absolute Gasteiger partial charge is 0.352 e. The smallest absolute Gasteiger partial charge is 0.269 e. The highest BCUT2D eigenvalue weighted by Gasteiger charge is 2.71. The Kier molecular flexibility index (Phi) is 5.05. The van der Waals surface area contributed by atoms with Crippen LogP contribution in [0.3, 0.4) is 0 Å². The van der Waals surface area contributed by atoms with E-state index in [9.17, 15) is 24.5 Å². The molecule has 1 aliphatic carbocycles. The van der Waals surface area contributed by atoms with Crippen molar-refractivity contribution in [3.05, 3.63) is 134 Å². The van der Waals surface area contributed by atoms with Crippen LogP contribution in [0, 0.1) is 15.5 Å². The van der Waals surface area contributed by atoms with Gasteiger partial charge in [0.2, 0.25) is 0 Å². The highest BCUT2D eigenvalue weighted by molar-refractivity contribution is 7.12. The Hall–Kier alpha value is -4.69. The number of carbonyl (C=O) groups is 3. The number of rotatable bonds is 4. The van der Waals surface area contributed by atoms with Crippen LogP contribution in [-0.2, 0) is 0 Å². The first kappa shape index (κ1) is 23.4. The number of thiophene rings is 1. The molecule has 0 saturated carbocycles. The molecule has 7 rings (SSSR count). The van der Waals surface area contributed by atoms with Gasteiger partial charge in [0.25, 0.3) is 5.69 Å². The highest BCUT2D eigenvalue weighted by Crippen LogP contribution is 2.61. The van der Waals surface area contributed by atoms with Crippen molar-refractivity contribution in [3.63, 3.8) is 0 Å². The zero-order valence-corrected chi connectivity index (χ0v) is 21.2. The molecule has 3 aromatic carbocycles. The Morgan fingerprint density at radius 3 is 2.31 bits per heavy atom. The number of Topliss-reactive ketones (excluding diaryl/α,β-unsaturated/α-hetero) is 3. The van der Waals surface area contributed by atoms with Gasteiger partial charge in [-0.15, -0.1) is 11.3 Å². The number of fused-ring (bicyclic) bond motifs is 5. The maximum Gasteiger partial charge on any atom is 0.269 e. The molecule has 1 spiro atoms. The fraction of sp³-hybridized carbons (Fsp3) is 0.129. The van der Waals surface area contributed by atoms with Gasteiger partial charge in [0.15, 0.2) is 17.3 Å². The third-order valence-electron chi connectivity index (χ3n) is 8.19. The van der Waals surface area contributed by atoms with Crippen LogP contribution in [0.5, 0.6) is 0 Å². The van der Waals surface area contributed by atoms with Crippen molar-refractivity contribution in [1.82, 2.24) is 0 Å². The van der Waals surface area contributed by atoms with Crippen molar-refractivity contribution in [1.29, 1.82) is 0 Å². The molecule has 0 unspecified atom stereocenters. The molecule has 3 atom stereocenters. The molecular weight excluding hydrogens is 512 g/mol. The fourth-order valence-electron chi connectivity index (χ4n) is 6.69. The number of nitro groups is 1. The summed E-state index contributed by atoms with van der Waals surface area (Å²) in [5, 5.41) is 13.6. The highest BCUT2D eigenvalue weighted by atomic mass is 32.1. The summed E-state index contributed by atoms with van der Waals surface area (Å²) in [4.78, 5) is 57.1. The summed E-state index contributed by atoms with van der Waals surface area (Å²) in [7, 11) is 0. The van der Waals surface area contributed by atoms with E-state index in [0.717, 1.165) is 11.3 Å². The van der Waals surface area contributed by atoms with Crippen molar-refractivity contribution < 1.29 is 19.3 Å². The lowest BCUT2D eigenvalue weighted by Gasteiger charge is -2.37. The molecule has 1 fully saturated rings. The third-order valence-corrected chi connectivity index (χ3v) is 9.07. The summed E-state index contributed by atoms with van der Waals surface area (Å²) < 4.78 is 0. The lowest BCUT2D eigenvalue weighted by molar-refractivity contribution is -0.384. The van der Waals surface area contributed by atoms with Gasteiger partial charge in [-0.1, -0.05) is 72.8 Å². The summed E-state index contributed by atoms with van der Waals surface area (Å²) in [5.41, 5.74) is 0.797. The standard InChI is InChI=1S/C31H20N2O5S/c34-28(24-13-6-16-39-24)27-26(19-8-5-9-20(17-19)33(37)38)31(29(35)21-10-2-3-11-22(21)30(31)36)25-15-14-18-7-1-4-12-23(18)32(25)27/h1-17,25-27H/t25-,26-,27+/m0/s1. The van der Waals surface area contributed by atoms with Crippen LogP contribution in [0.15, 0.2) is 96.4 Å². The van der Waals surface area contributed by atoms with Crippen LogP contribution in [0.1, 0.15) is 47.4 Å². The van der Waals surface area contributed by atoms with Gasteiger partial charge in [0, 0.05) is 34.9 Å². The molecule has 39 heavy (non-hydrogen) atoms. The molecule has 8 heteroatoms. The lowest BCUT2D eigenvalue weighted by atomic mass is 9.64. The summed E-state index contributed by atoms with van der Waals surface area (Å²) in [6, 6.07) is 22.1. The molecule has 3 heterocycles. The molecule has 0 amide bonds. The van der Waals surface area contributed by atoms with Crippen molar-refractivity contribution in [2.45, 2.75) is 18.0 Å². The van der Waals surface area contributed by atoms with Crippen molar-refractivity contribution >= 4 is 46.1 Å². The number of non-ortho nitro benzene ring substituents is 1. The Morgan fingerprint density at radius 2 is 1.62 bits per heavy atom. The Labute approximate surface area is 227 Å².